The number of rotatable bonds is 4. The number of benzene rings is 1. The molecular weight excluding hydrogens is 290 g/mol. The van der Waals surface area contributed by atoms with Crippen molar-refractivity contribution in [3.63, 3.8) is 0 Å². The molecule has 2 heterocycles. The summed E-state index contributed by atoms with van der Waals surface area (Å²) in [5.41, 5.74) is 3.19. The zero-order chi connectivity index (χ0) is 16.6. The molecule has 0 aliphatic carbocycles. The van der Waals surface area contributed by atoms with Gasteiger partial charge in [0.2, 0.25) is 0 Å². The third-order valence-corrected chi connectivity index (χ3v) is 5.32. The van der Waals surface area contributed by atoms with Gasteiger partial charge in [-0.15, -0.1) is 0 Å². The number of carbonyl (C=O) groups is 2. The Morgan fingerprint density at radius 1 is 1.26 bits per heavy atom. The standard InChI is InChI=1S/C19H25NO3/c1-12(2)5-14-9-20-4-3-13-6-15(10-21)16(11-22)7-17(13)18(20)8-19(14)23/h6-7,10-12,14,18-19,23H,3-5,8-9H2,1-2H3/t14-,18+,19-/m0/s1. The Morgan fingerprint density at radius 2 is 1.96 bits per heavy atom. The van der Waals surface area contributed by atoms with E-state index in [0.29, 0.717) is 29.4 Å². The molecular formula is C19H25NO3. The van der Waals surface area contributed by atoms with Crippen LogP contribution in [0.15, 0.2) is 12.1 Å². The summed E-state index contributed by atoms with van der Waals surface area (Å²) < 4.78 is 0. The van der Waals surface area contributed by atoms with Crippen LogP contribution < -0.4 is 0 Å². The van der Waals surface area contributed by atoms with Gasteiger partial charge in [-0.1, -0.05) is 13.8 Å². The quantitative estimate of drug-likeness (QED) is 0.868. The molecule has 1 N–H and O–H groups in total. The molecule has 4 heteroatoms. The lowest BCUT2D eigenvalue weighted by Crippen LogP contribution is -2.48. The normalized spacial score (nSPS) is 27.4. The van der Waals surface area contributed by atoms with Crippen LogP contribution in [0, 0.1) is 11.8 Å². The van der Waals surface area contributed by atoms with Crippen LogP contribution in [0.2, 0.25) is 0 Å². The van der Waals surface area contributed by atoms with E-state index >= 15 is 0 Å². The predicted octanol–water partition coefficient (Wildman–Crippen LogP) is 2.64. The Hall–Kier alpha value is -1.52. The van der Waals surface area contributed by atoms with Crippen molar-refractivity contribution in [2.75, 3.05) is 13.1 Å². The predicted molar refractivity (Wildman–Crippen MR) is 88.8 cm³/mol. The highest BCUT2D eigenvalue weighted by Gasteiger charge is 2.38. The molecule has 4 nitrogen and oxygen atoms in total. The number of aliphatic hydroxyl groups excluding tert-OH is 1. The molecule has 0 saturated carbocycles. The van der Waals surface area contributed by atoms with Crippen molar-refractivity contribution < 1.29 is 14.7 Å². The lowest BCUT2D eigenvalue weighted by molar-refractivity contribution is -0.0191. The van der Waals surface area contributed by atoms with E-state index in [2.05, 4.69) is 18.7 Å². The Bertz CT molecular complexity index is 611. The van der Waals surface area contributed by atoms with E-state index in [1.165, 1.54) is 0 Å². The van der Waals surface area contributed by atoms with Gasteiger partial charge in [-0.2, -0.15) is 0 Å². The van der Waals surface area contributed by atoms with Crippen LogP contribution in [0.3, 0.4) is 0 Å². The fraction of sp³-hybridized carbons (Fsp3) is 0.579. The summed E-state index contributed by atoms with van der Waals surface area (Å²) in [6.45, 7) is 6.26. The zero-order valence-electron chi connectivity index (χ0n) is 13.9. The highest BCUT2D eigenvalue weighted by Crippen LogP contribution is 2.40. The molecule has 0 spiro atoms. The Balaban J connectivity index is 1.90. The average Bonchev–Trinajstić information content (AvgIpc) is 2.53. The number of hydrogen-bond donors (Lipinski definition) is 1. The van der Waals surface area contributed by atoms with E-state index in [9.17, 15) is 14.7 Å². The van der Waals surface area contributed by atoms with Gasteiger partial charge in [-0.25, -0.2) is 0 Å². The van der Waals surface area contributed by atoms with E-state index in [-0.39, 0.29) is 12.1 Å². The molecule has 1 saturated heterocycles. The molecule has 3 rings (SSSR count). The summed E-state index contributed by atoms with van der Waals surface area (Å²) in [5, 5.41) is 10.6. The number of aliphatic hydroxyl groups is 1. The fourth-order valence-corrected chi connectivity index (χ4v) is 4.22. The van der Waals surface area contributed by atoms with Crippen molar-refractivity contribution in [2.45, 2.75) is 45.3 Å². The van der Waals surface area contributed by atoms with Crippen LogP contribution in [-0.2, 0) is 6.42 Å². The maximum Gasteiger partial charge on any atom is 0.150 e. The van der Waals surface area contributed by atoms with Crippen LogP contribution in [-0.4, -0.2) is 41.8 Å². The minimum absolute atomic E-state index is 0.163. The highest BCUT2D eigenvalue weighted by atomic mass is 16.3. The van der Waals surface area contributed by atoms with Crippen molar-refractivity contribution in [1.82, 2.24) is 4.90 Å². The summed E-state index contributed by atoms with van der Waals surface area (Å²) in [6.07, 6.45) is 3.87. The highest BCUT2D eigenvalue weighted by molar-refractivity contribution is 5.91. The van der Waals surface area contributed by atoms with Crippen molar-refractivity contribution in [1.29, 1.82) is 0 Å². The van der Waals surface area contributed by atoms with E-state index in [1.807, 2.05) is 12.1 Å². The third-order valence-electron chi connectivity index (χ3n) is 5.32. The van der Waals surface area contributed by atoms with E-state index in [0.717, 1.165) is 49.6 Å². The second-order valence-corrected chi connectivity index (χ2v) is 7.37. The molecule has 2 aliphatic rings. The monoisotopic (exact) mass is 315 g/mol. The van der Waals surface area contributed by atoms with Gasteiger partial charge in [-0.05, 0) is 54.4 Å². The molecule has 1 fully saturated rings. The van der Waals surface area contributed by atoms with Gasteiger partial charge in [-0.3, -0.25) is 14.5 Å². The summed E-state index contributed by atoms with van der Waals surface area (Å²) in [5.74, 6) is 0.910. The second-order valence-electron chi connectivity index (χ2n) is 7.37. The van der Waals surface area contributed by atoms with Gasteiger partial charge in [0.15, 0.2) is 12.6 Å². The first-order valence-electron chi connectivity index (χ1n) is 8.52. The molecule has 0 aromatic heterocycles. The SMILES string of the molecule is CC(C)C[C@H]1CN2CCc3cc(C=O)c(C=O)cc3[C@H]2C[C@@H]1O. The summed E-state index contributed by atoms with van der Waals surface area (Å²) in [4.78, 5) is 24.8. The molecule has 3 atom stereocenters. The lowest BCUT2D eigenvalue weighted by atomic mass is 9.78. The minimum Gasteiger partial charge on any atom is -0.393 e. The van der Waals surface area contributed by atoms with Gasteiger partial charge in [0.1, 0.15) is 0 Å². The molecule has 0 bridgehead atoms. The number of hydrogen-bond acceptors (Lipinski definition) is 4. The maximum atomic E-state index is 11.2. The van der Waals surface area contributed by atoms with Gasteiger partial charge < -0.3 is 5.11 Å². The third kappa shape index (κ3) is 3.10. The van der Waals surface area contributed by atoms with Crippen LogP contribution in [0.4, 0.5) is 0 Å². The number of carbonyl (C=O) groups excluding carboxylic acids is 2. The molecule has 2 aliphatic heterocycles. The largest absolute Gasteiger partial charge is 0.393 e. The van der Waals surface area contributed by atoms with Crippen LogP contribution in [0.25, 0.3) is 0 Å². The van der Waals surface area contributed by atoms with E-state index < -0.39 is 0 Å². The summed E-state index contributed by atoms with van der Waals surface area (Å²) in [7, 11) is 0. The van der Waals surface area contributed by atoms with Crippen LogP contribution in [0.1, 0.15) is 64.6 Å². The molecule has 23 heavy (non-hydrogen) atoms. The van der Waals surface area contributed by atoms with Crippen LogP contribution in [0.5, 0.6) is 0 Å². The number of aldehydes is 2. The first-order valence-corrected chi connectivity index (χ1v) is 8.52. The van der Waals surface area contributed by atoms with Crippen LogP contribution >= 0.6 is 0 Å². The summed E-state index contributed by atoms with van der Waals surface area (Å²) in [6, 6.07) is 3.88. The van der Waals surface area contributed by atoms with Gasteiger partial charge >= 0.3 is 0 Å². The number of nitrogens with zero attached hydrogens (tertiary/aromatic N) is 1. The minimum atomic E-state index is -0.296. The summed E-state index contributed by atoms with van der Waals surface area (Å²) >= 11 is 0. The molecule has 1 aromatic rings. The number of fused-ring (bicyclic) bond motifs is 3. The lowest BCUT2D eigenvalue weighted by Gasteiger charge is -2.46. The molecule has 0 unspecified atom stereocenters. The van der Waals surface area contributed by atoms with Gasteiger partial charge in [0.25, 0.3) is 0 Å². The fourth-order valence-electron chi connectivity index (χ4n) is 4.22. The van der Waals surface area contributed by atoms with Crippen molar-refractivity contribution in [3.8, 4) is 0 Å². The second kappa shape index (κ2) is 6.54. The average molecular weight is 315 g/mol. The van der Waals surface area contributed by atoms with E-state index in [1.54, 1.807) is 0 Å². The first-order chi connectivity index (χ1) is 11.0. The number of piperidine rings is 1. The Kier molecular flexibility index (Phi) is 4.64. The maximum absolute atomic E-state index is 11.2. The first kappa shape index (κ1) is 16.3. The topological polar surface area (TPSA) is 57.6 Å². The van der Waals surface area contributed by atoms with Gasteiger partial charge in [0.05, 0.1) is 6.10 Å². The smallest absolute Gasteiger partial charge is 0.150 e. The van der Waals surface area contributed by atoms with Crippen molar-refractivity contribution in [2.24, 2.45) is 11.8 Å². The molecule has 0 amide bonds. The molecule has 0 radical (unpaired) electrons. The van der Waals surface area contributed by atoms with Gasteiger partial charge in [0, 0.05) is 30.3 Å². The van der Waals surface area contributed by atoms with Crippen molar-refractivity contribution in [3.05, 3.63) is 34.4 Å². The molecule has 124 valence electrons. The Labute approximate surface area is 137 Å². The molecule has 1 aromatic carbocycles. The van der Waals surface area contributed by atoms with Crippen molar-refractivity contribution >= 4 is 12.6 Å². The zero-order valence-corrected chi connectivity index (χ0v) is 13.9. The van der Waals surface area contributed by atoms with E-state index in [4.69, 9.17) is 0 Å². The Morgan fingerprint density at radius 3 is 2.61 bits per heavy atom.